The van der Waals surface area contributed by atoms with E-state index in [0.29, 0.717) is 6.54 Å². The van der Waals surface area contributed by atoms with Crippen molar-refractivity contribution < 1.29 is 9.53 Å². The van der Waals surface area contributed by atoms with Gasteiger partial charge in [-0.15, -0.1) is 12.4 Å². The van der Waals surface area contributed by atoms with Gasteiger partial charge in [-0.2, -0.15) is 0 Å². The van der Waals surface area contributed by atoms with E-state index in [1.165, 1.54) is 16.7 Å². The van der Waals surface area contributed by atoms with Gasteiger partial charge in [0.05, 0.1) is 12.6 Å². The van der Waals surface area contributed by atoms with Gasteiger partial charge in [-0.05, 0) is 53.8 Å². The second kappa shape index (κ2) is 7.89. The van der Waals surface area contributed by atoms with E-state index in [2.05, 4.69) is 53.1 Å². The highest BCUT2D eigenvalue weighted by Gasteiger charge is 2.21. The molecule has 2 aliphatic rings. The minimum absolute atomic E-state index is 0. The number of carbonyl (C=O) groups excluding carboxylic acids is 1. The topological polar surface area (TPSA) is 50.4 Å². The molecule has 2 heterocycles. The van der Waals surface area contributed by atoms with Crippen LogP contribution in [0.2, 0.25) is 0 Å². The zero-order valence-corrected chi connectivity index (χ0v) is 14.9. The second-order valence-corrected chi connectivity index (χ2v) is 6.48. The van der Waals surface area contributed by atoms with Gasteiger partial charge < -0.3 is 15.4 Å². The summed E-state index contributed by atoms with van der Waals surface area (Å²) in [5.74, 6) is 1.12. The van der Waals surface area contributed by atoms with Gasteiger partial charge in [-0.25, -0.2) is 0 Å². The molecule has 0 aliphatic carbocycles. The smallest absolute Gasteiger partial charge is 0.237 e. The normalized spacial score (nSPS) is 18.2. The minimum atomic E-state index is -0.0158. The maximum Gasteiger partial charge on any atom is 0.237 e. The van der Waals surface area contributed by atoms with Gasteiger partial charge in [-0.1, -0.05) is 30.3 Å². The summed E-state index contributed by atoms with van der Waals surface area (Å²) < 4.78 is 5.56. The van der Waals surface area contributed by atoms with Crippen LogP contribution in [0, 0.1) is 0 Å². The number of nitrogens with one attached hydrogen (secondary N) is 2. The van der Waals surface area contributed by atoms with Gasteiger partial charge in [-0.3, -0.25) is 4.79 Å². The molecule has 2 aromatic rings. The Kier molecular flexibility index (Phi) is 5.61. The molecule has 4 nitrogen and oxygen atoms in total. The molecule has 2 aliphatic heterocycles. The molecule has 1 saturated heterocycles. The summed E-state index contributed by atoms with van der Waals surface area (Å²) in [5, 5.41) is 6.24. The number of fused-ring (bicyclic) bond motifs is 1. The van der Waals surface area contributed by atoms with E-state index in [-0.39, 0.29) is 24.4 Å². The molecule has 0 aromatic heterocycles. The summed E-state index contributed by atoms with van der Waals surface area (Å²) >= 11 is 0. The monoisotopic (exact) mass is 358 g/mol. The highest BCUT2D eigenvalue weighted by atomic mass is 35.5. The third-order valence-electron chi connectivity index (χ3n) is 4.82. The fourth-order valence-electron chi connectivity index (χ4n) is 3.40. The first-order valence-corrected chi connectivity index (χ1v) is 8.66. The van der Waals surface area contributed by atoms with Crippen molar-refractivity contribution in [2.45, 2.75) is 31.8 Å². The number of amides is 1. The number of benzene rings is 2. The fourth-order valence-corrected chi connectivity index (χ4v) is 3.40. The van der Waals surface area contributed by atoms with Crippen LogP contribution in [0.4, 0.5) is 0 Å². The Balaban J connectivity index is 0.00000182. The standard InChI is InChI=1S/C20H22N2O2.ClH/c23-20(18-2-1-10-21-18)22-13-14-3-5-15(6-4-14)16-7-8-19-17(12-16)9-11-24-19;/h3-8,12,18,21H,1-2,9-11,13H2,(H,22,23);1H. The van der Waals surface area contributed by atoms with Gasteiger partial charge in [0.2, 0.25) is 5.91 Å². The van der Waals surface area contributed by atoms with Gasteiger partial charge >= 0.3 is 0 Å². The average Bonchev–Trinajstić information content (AvgIpc) is 3.31. The Labute approximate surface area is 154 Å². The molecule has 1 fully saturated rings. The van der Waals surface area contributed by atoms with Crippen molar-refractivity contribution in [1.82, 2.24) is 10.6 Å². The zero-order chi connectivity index (χ0) is 16.4. The highest BCUT2D eigenvalue weighted by molar-refractivity contribution is 5.85. The SMILES string of the molecule is Cl.O=C(NCc1ccc(-c2ccc3c(c2)CCO3)cc1)C1CCCN1. The molecule has 25 heavy (non-hydrogen) atoms. The number of hydrogen-bond donors (Lipinski definition) is 2. The van der Waals surface area contributed by atoms with Gasteiger partial charge in [0, 0.05) is 13.0 Å². The van der Waals surface area contributed by atoms with Crippen LogP contribution in [-0.2, 0) is 17.8 Å². The molecule has 0 radical (unpaired) electrons. The van der Waals surface area contributed by atoms with Crippen LogP contribution in [0.25, 0.3) is 11.1 Å². The molecule has 0 saturated carbocycles. The molecular weight excluding hydrogens is 336 g/mol. The number of hydrogen-bond acceptors (Lipinski definition) is 3. The van der Waals surface area contributed by atoms with E-state index in [4.69, 9.17) is 4.74 Å². The van der Waals surface area contributed by atoms with E-state index in [0.717, 1.165) is 43.7 Å². The van der Waals surface area contributed by atoms with Crippen molar-refractivity contribution in [3.8, 4) is 16.9 Å². The summed E-state index contributed by atoms with van der Waals surface area (Å²) in [6.07, 6.45) is 3.01. The first-order valence-electron chi connectivity index (χ1n) is 8.66. The molecule has 1 amide bonds. The predicted molar refractivity (Wildman–Crippen MR) is 101 cm³/mol. The van der Waals surface area contributed by atoms with E-state index in [1.54, 1.807) is 0 Å². The Morgan fingerprint density at radius 2 is 1.96 bits per heavy atom. The molecule has 1 unspecified atom stereocenters. The molecule has 5 heteroatoms. The van der Waals surface area contributed by atoms with Crippen molar-refractivity contribution in [2.75, 3.05) is 13.2 Å². The van der Waals surface area contributed by atoms with Crippen molar-refractivity contribution >= 4 is 18.3 Å². The Bertz CT molecular complexity index is 740. The van der Waals surface area contributed by atoms with Crippen LogP contribution in [0.15, 0.2) is 42.5 Å². The number of halogens is 1. The van der Waals surface area contributed by atoms with E-state index in [9.17, 15) is 4.79 Å². The second-order valence-electron chi connectivity index (χ2n) is 6.48. The Hall–Kier alpha value is -2.04. The van der Waals surface area contributed by atoms with Crippen LogP contribution in [0.1, 0.15) is 24.0 Å². The van der Waals surface area contributed by atoms with Gasteiger partial charge in [0.1, 0.15) is 5.75 Å². The van der Waals surface area contributed by atoms with Crippen LogP contribution < -0.4 is 15.4 Å². The van der Waals surface area contributed by atoms with E-state index < -0.39 is 0 Å². The molecule has 2 aromatic carbocycles. The van der Waals surface area contributed by atoms with E-state index in [1.807, 2.05) is 0 Å². The lowest BCUT2D eigenvalue weighted by Gasteiger charge is -2.11. The van der Waals surface area contributed by atoms with Crippen molar-refractivity contribution in [2.24, 2.45) is 0 Å². The van der Waals surface area contributed by atoms with Gasteiger partial charge in [0.15, 0.2) is 0 Å². The summed E-state index contributed by atoms with van der Waals surface area (Å²) in [4.78, 5) is 12.0. The summed E-state index contributed by atoms with van der Waals surface area (Å²) in [6.45, 7) is 2.31. The van der Waals surface area contributed by atoms with Crippen LogP contribution in [0.5, 0.6) is 5.75 Å². The first-order chi connectivity index (χ1) is 11.8. The third kappa shape index (κ3) is 3.97. The summed E-state index contributed by atoms with van der Waals surface area (Å²) in [5.41, 5.74) is 4.81. The fraction of sp³-hybridized carbons (Fsp3) is 0.350. The first kappa shape index (κ1) is 17.8. The molecule has 132 valence electrons. The van der Waals surface area contributed by atoms with E-state index >= 15 is 0 Å². The highest BCUT2D eigenvalue weighted by Crippen LogP contribution is 2.30. The molecule has 4 rings (SSSR count). The van der Waals surface area contributed by atoms with Crippen molar-refractivity contribution in [3.05, 3.63) is 53.6 Å². The number of ether oxygens (including phenoxy) is 1. The maximum absolute atomic E-state index is 12.0. The molecule has 1 atom stereocenters. The average molecular weight is 359 g/mol. The zero-order valence-electron chi connectivity index (χ0n) is 14.1. The maximum atomic E-state index is 12.0. The molecule has 2 N–H and O–H groups in total. The summed E-state index contributed by atoms with van der Waals surface area (Å²) in [7, 11) is 0. The van der Waals surface area contributed by atoms with Gasteiger partial charge in [0.25, 0.3) is 0 Å². The predicted octanol–water partition coefficient (Wildman–Crippen LogP) is 3.08. The van der Waals surface area contributed by atoms with Crippen LogP contribution in [-0.4, -0.2) is 25.1 Å². The molecular formula is C20H23ClN2O2. The lowest BCUT2D eigenvalue weighted by molar-refractivity contribution is -0.122. The van der Waals surface area contributed by atoms with Crippen LogP contribution >= 0.6 is 12.4 Å². The minimum Gasteiger partial charge on any atom is -0.493 e. The largest absolute Gasteiger partial charge is 0.493 e. The summed E-state index contributed by atoms with van der Waals surface area (Å²) in [6, 6.07) is 14.8. The lowest BCUT2D eigenvalue weighted by atomic mass is 10.0. The van der Waals surface area contributed by atoms with Crippen molar-refractivity contribution in [1.29, 1.82) is 0 Å². The quantitative estimate of drug-likeness (QED) is 0.883. The number of rotatable bonds is 4. The molecule has 0 bridgehead atoms. The third-order valence-corrected chi connectivity index (χ3v) is 4.82. The van der Waals surface area contributed by atoms with Crippen LogP contribution in [0.3, 0.4) is 0 Å². The Morgan fingerprint density at radius 1 is 1.16 bits per heavy atom. The number of carbonyl (C=O) groups is 1. The van der Waals surface area contributed by atoms with Crippen molar-refractivity contribution in [3.63, 3.8) is 0 Å². The molecule has 0 spiro atoms. The lowest BCUT2D eigenvalue weighted by Crippen LogP contribution is -2.39. The Morgan fingerprint density at radius 3 is 2.72 bits per heavy atom.